The Bertz CT molecular complexity index is 1560. The molecule has 0 aromatic carbocycles. The van der Waals surface area contributed by atoms with E-state index in [9.17, 15) is 14.4 Å². The molecule has 6 heteroatoms. The van der Waals surface area contributed by atoms with Crippen LogP contribution >= 0.6 is 0 Å². The van der Waals surface area contributed by atoms with Gasteiger partial charge in [0.1, 0.15) is 13.2 Å². The van der Waals surface area contributed by atoms with Crippen molar-refractivity contribution in [3.05, 3.63) is 146 Å². The SMILES string of the molecule is CC/C=C\C/C=C\C/C=C\C/C=C\C/C=C\CCCCCC(=O)OC[C@H](COC(=O)CCC/C=C\C/C=C\C/C=C\C/C=C\CCCCC)OC(=O)CCCCCCC/C=C\C/C=C\C/C=C\CC. The Morgan fingerprint density at radius 1 is 0.304 bits per heavy atom. The number of carbonyl (C=O) groups excluding carboxylic acids is 3. The first kappa shape index (κ1) is 64.3. The fourth-order valence-corrected chi connectivity index (χ4v) is 6.77. The minimum Gasteiger partial charge on any atom is -0.462 e. The Hall–Kier alpha value is -4.71. The number of esters is 3. The summed E-state index contributed by atoms with van der Waals surface area (Å²) in [4.78, 5) is 38.1. The van der Waals surface area contributed by atoms with Gasteiger partial charge in [0.25, 0.3) is 0 Å². The van der Waals surface area contributed by atoms with Gasteiger partial charge in [-0.15, -0.1) is 0 Å². The van der Waals surface area contributed by atoms with Crippen molar-refractivity contribution in [2.45, 2.75) is 219 Å². The summed E-state index contributed by atoms with van der Waals surface area (Å²) in [6, 6.07) is 0. The van der Waals surface area contributed by atoms with Crippen molar-refractivity contribution in [3.8, 4) is 0 Å². The van der Waals surface area contributed by atoms with Gasteiger partial charge in [0.2, 0.25) is 0 Å². The lowest BCUT2D eigenvalue weighted by Gasteiger charge is -2.18. The summed E-state index contributed by atoms with van der Waals surface area (Å²) >= 11 is 0. The van der Waals surface area contributed by atoms with E-state index < -0.39 is 6.10 Å². The van der Waals surface area contributed by atoms with Gasteiger partial charge in [-0.3, -0.25) is 14.4 Å². The van der Waals surface area contributed by atoms with E-state index in [4.69, 9.17) is 14.2 Å². The summed E-state index contributed by atoms with van der Waals surface area (Å²) in [5.74, 6) is -1.04. The molecule has 0 radical (unpaired) electrons. The zero-order valence-corrected chi connectivity index (χ0v) is 44.0. The van der Waals surface area contributed by atoms with E-state index in [-0.39, 0.29) is 44.0 Å². The fourth-order valence-electron chi connectivity index (χ4n) is 6.77. The highest BCUT2D eigenvalue weighted by atomic mass is 16.6. The molecule has 386 valence electrons. The quantitative estimate of drug-likeness (QED) is 0.0262. The molecule has 1 atom stereocenters. The average molecular weight is 951 g/mol. The van der Waals surface area contributed by atoms with Crippen LogP contribution in [0.5, 0.6) is 0 Å². The van der Waals surface area contributed by atoms with Crippen LogP contribution in [0.1, 0.15) is 213 Å². The maximum Gasteiger partial charge on any atom is 0.306 e. The highest BCUT2D eigenvalue weighted by Gasteiger charge is 2.19. The third-order valence-corrected chi connectivity index (χ3v) is 10.8. The zero-order chi connectivity index (χ0) is 50.0. The minimum absolute atomic E-state index is 0.126. The number of hydrogen-bond acceptors (Lipinski definition) is 6. The lowest BCUT2D eigenvalue weighted by Crippen LogP contribution is -2.30. The minimum atomic E-state index is -0.830. The van der Waals surface area contributed by atoms with Crippen LogP contribution in [0.3, 0.4) is 0 Å². The van der Waals surface area contributed by atoms with Crippen molar-refractivity contribution in [1.82, 2.24) is 0 Å². The van der Waals surface area contributed by atoms with Gasteiger partial charge in [0.05, 0.1) is 0 Å². The van der Waals surface area contributed by atoms with E-state index in [2.05, 4.69) is 167 Å². The van der Waals surface area contributed by atoms with Crippen molar-refractivity contribution in [2.75, 3.05) is 13.2 Å². The van der Waals surface area contributed by atoms with Gasteiger partial charge in [0.15, 0.2) is 6.10 Å². The molecule has 69 heavy (non-hydrogen) atoms. The number of unbranched alkanes of at least 4 members (excludes halogenated alkanes) is 12. The molecule has 0 rings (SSSR count). The second kappa shape index (κ2) is 55.9. The Morgan fingerprint density at radius 3 is 0.957 bits per heavy atom. The van der Waals surface area contributed by atoms with Gasteiger partial charge in [-0.05, 0) is 135 Å². The Morgan fingerprint density at radius 2 is 0.580 bits per heavy atom. The number of ether oxygens (including phenoxy) is 3. The molecule has 0 heterocycles. The Labute approximate surface area is 423 Å². The van der Waals surface area contributed by atoms with E-state index in [0.717, 1.165) is 141 Å². The van der Waals surface area contributed by atoms with Gasteiger partial charge < -0.3 is 14.2 Å². The molecule has 0 fully saturated rings. The van der Waals surface area contributed by atoms with Crippen molar-refractivity contribution >= 4 is 17.9 Å². The molecule has 6 nitrogen and oxygen atoms in total. The van der Waals surface area contributed by atoms with Crippen LogP contribution in [0.4, 0.5) is 0 Å². The van der Waals surface area contributed by atoms with Crippen LogP contribution in [0.15, 0.2) is 146 Å². The maximum absolute atomic E-state index is 12.8. The van der Waals surface area contributed by atoms with Crippen molar-refractivity contribution in [2.24, 2.45) is 0 Å². The van der Waals surface area contributed by atoms with E-state index in [1.54, 1.807) is 0 Å². The number of rotatable bonds is 47. The molecule has 0 bridgehead atoms. The summed E-state index contributed by atoms with van der Waals surface area (Å²) in [6.45, 7) is 6.27. The molecule has 0 aromatic heterocycles. The summed E-state index contributed by atoms with van der Waals surface area (Å²) in [5, 5.41) is 0. The molecule has 0 spiro atoms. The van der Waals surface area contributed by atoms with Gasteiger partial charge in [-0.2, -0.15) is 0 Å². The van der Waals surface area contributed by atoms with Gasteiger partial charge in [0, 0.05) is 19.3 Å². The highest BCUT2D eigenvalue weighted by molar-refractivity contribution is 5.71. The predicted molar refractivity (Wildman–Crippen MR) is 297 cm³/mol. The smallest absolute Gasteiger partial charge is 0.306 e. The first-order valence-corrected chi connectivity index (χ1v) is 27.3. The van der Waals surface area contributed by atoms with Crippen LogP contribution < -0.4 is 0 Å². The van der Waals surface area contributed by atoms with Gasteiger partial charge >= 0.3 is 17.9 Å². The summed E-state index contributed by atoms with van der Waals surface area (Å²) < 4.78 is 16.7. The molecule has 0 N–H and O–H groups in total. The fraction of sp³-hybridized carbons (Fsp3) is 0.571. The molecular formula is C63H98O6. The van der Waals surface area contributed by atoms with E-state index in [0.29, 0.717) is 12.8 Å². The first-order valence-electron chi connectivity index (χ1n) is 27.3. The highest BCUT2D eigenvalue weighted by Crippen LogP contribution is 2.12. The van der Waals surface area contributed by atoms with Crippen LogP contribution in [0.2, 0.25) is 0 Å². The first-order chi connectivity index (χ1) is 34.0. The molecule has 0 amide bonds. The molecule has 0 aliphatic rings. The molecule has 0 saturated carbocycles. The number of hydrogen-bond donors (Lipinski definition) is 0. The maximum atomic E-state index is 12.8. The van der Waals surface area contributed by atoms with E-state index >= 15 is 0 Å². The van der Waals surface area contributed by atoms with Crippen molar-refractivity contribution < 1.29 is 28.6 Å². The molecule has 0 unspecified atom stereocenters. The molecule has 0 aliphatic heterocycles. The van der Waals surface area contributed by atoms with Crippen LogP contribution in [0.25, 0.3) is 0 Å². The van der Waals surface area contributed by atoms with Gasteiger partial charge in [-0.25, -0.2) is 0 Å². The Balaban J connectivity index is 4.59. The van der Waals surface area contributed by atoms with Crippen LogP contribution in [0, 0.1) is 0 Å². The average Bonchev–Trinajstić information content (AvgIpc) is 3.35. The van der Waals surface area contributed by atoms with E-state index in [1.807, 2.05) is 0 Å². The summed E-state index contributed by atoms with van der Waals surface area (Å²) in [6.07, 6.45) is 79.8. The van der Waals surface area contributed by atoms with Crippen LogP contribution in [-0.4, -0.2) is 37.2 Å². The number of allylic oxidation sites excluding steroid dienone is 24. The predicted octanol–water partition coefficient (Wildman–Crippen LogP) is 18.4. The van der Waals surface area contributed by atoms with Crippen LogP contribution in [-0.2, 0) is 28.6 Å². The van der Waals surface area contributed by atoms with Gasteiger partial charge in [-0.1, -0.05) is 205 Å². The third-order valence-electron chi connectivity index (χ3n) is 10.8. The number of carbonyl (C=O) groups is 3. The lowest BCUT2D eigenvalue weighted by molar-refractivity contribution is -0.167. The van der Waals surface area contributed by atoms with Crippen molar-refractivity contribution in [1.29, 1.82) is 0 Å². The summed E-state index contributed by atoms with van der Waals surface area (Å²) in [7, 11) is 0. The normalized spacial score (nSPS) is 13.3. The standard InChI is InChI=1S/C63H98O6/c1-4-7-10-13-16-19-22-25-28-30-31-33-36-38-41-44-47-50-53-56-62(65)68-59-60(69-63(66)57-54-51-48-45-42-39-34-27-24-21-18-15-12-9-6-3)58-67-61(64)55-52-49-46-43-40-37-35-32-29-26-23-20-17-14-11-8-5-2/h7,9-10,12,16-21,25-29,31,33-35,37-38,41,43,46,60H,4-6,8,11,13-15,22-24,30,32,36,39-40,42,44-45,47-59H2,1-3H3/b10-7-,12-9-,19-16-,20-17-,21-18-,28-25-,29-26-,33-31-,34-27-,37-35-,41-38-,46-43-/t60-/m0/s1. The molecule has 0 aromatic rings. The second-order valence-electron chi connectivity index (χ2n) is 17.4. The second-order valence-corrected chi connectivity index (χ2v) is 17.4. The monoisotopic (exact) mass is 951 g/mol. The van der Waals surface area contributed by atoms with E-state index in [1.165, 1.54) is 25.7 Å². The van der Waals surface area contributed by atoms with Crippen molar-refractivity contribution in [3.63, 3.8) is 0 Å². The third kappa shape index (κ3) is 54.1. The molecule has 0 saturated heterocycles. The molecule has 0 aliphatic carbocycles. The topological polar surface area (TPSA) is 78.9 Å². The summed E-state index contributed by atoms with van der Waals surface area (Å²) in [5.41, 5.74) is 0. The lowest BCUT2D eigenvalue weighted by atomic mass is 10.1. The zero-order valence-electron chi connectivity index (χ0n) is 44.0. The molecular weight excluding hydrogens is 853 g/mol. The largest absolute Gasteiger partial charge is 0.462 e. The Kier molecular flexibility index (Phi) is 52.1.